The molecule has 2 aliphatic rings. The molecule has 6 heteroatoms. The van der Waals surface area contributed by atoms with Gasteiger partial charge in [-0.1, -0.05) is 12.1 Å². The largest absolute Gasteiger partial charge is 0.477 e. The number of carbonyl (C=O) groups is 1. The third kappa shape index (κ3) is 3.11. The maximum Gasteiger partial charge on any atom is 0.262 e. The van der Waals surface area contributed by atoms with Crippen molar-refractivity contribution in [3.8, 4) is 5.75 Å². The number of amides is 1. The smallest absolute Gasteiger partial charge is 0.262 e. The molecule has 114 valence electrons. The third-order valence-electron chi connectivity index (χ3n) is 3.71. The van der Waals surface area contributed by atoms with Crippen LogP contribution in [0.4, 0.5) is 5.69 Å². The molecular weight excluding hydrogens is 272 g/mol. The molecule has 0 saturated carbocycles. The summed E-state index contributed by atoms with van der Waals surface area (Å²) in [4.78, 5) is 14.0. The molecule has 6 nitrogen and oxygen atoms in total. The average molecular weight is 292 g/mol. The molecule has 1 N–H and O–H groups in total. The Labute approximate surface area is 124 Å². The number of nitrogens with one attached hydrogen (secondary N) is 1. The van der Waals surface area contributed by atoms with Crippen LogP contribution in [0.2, 0.25) is 0 Å². The van der Waals surface area contributed by atoms with Gasteiger partial charge in [0.15, 0.2) is 6.10 Å². The molecule has 1 aromatic carbocycles. The van der Waals surface area contributed by atoms with Gasteiger partial charge in [-0.2, -0.15) is 0 Å². The van der Waals surface area contributed by atoms with E-state index >= 15 is 0 Å². The first-order chi connectivity index (χ1) is 10.3. The van der Waals surface area contributed by atoms with Crippen molar-refractivity contribution in [2.45, 2.75) is 12.2 Å². The maximum absolute atomic E-state index is 11.9. The molecule has 1 saturated heterocycles. The number of benzene rings is 1. The molecule has 0 spiro atoms. The minimum absolute atomic E-state index is 0.0234. The van der Waals surface area contributed by atoms with E-state index in [0.717, 1.165) is 11.4 Å². The van der Waals surface area contributed by atoms with E-state index in [1.54, 1.807) is 7.05 Å². The lowest BCUT2D eigenvalue weighted by Gasteiger charge is -2.37. The predicted octanol–water partition coefficient (Wildman–Crippen LogP) is 0.415. The van der Waals surface area contributed by atoms with Gasteiger partial charge in [-0.15, -0.1) is 0 Å². The van der Waals surface area contributed by atoms with E-state index in [0.29, 0.717) is 32.9 Å². The van der Waals surface area contributed by atoms with E-state index in [4.69, 9.17) is 14.2 Å². The molecule has 0 aliphatic carbocycles. The first kappa shape index (κ1) is 14.2. The van der Waals surface area contributed by atoms with Crippen molar-refractivity contribution in [2.24, 2.45) is 0 Å². The second-order valence-electron chi connectivity index (χ2n) is 5.16. The molecular formula is C15H20N2O4. The number of fused-ring (bicyclic) bond motifs is 1. The van der Waals surface area contributed by atoms with Gasteiger partial charge in [-0.3, -0.25) is 4.79 Å². The Hall–Kier alpha value is -1.79. The summed E-state index contributed by atoms with van der Waals surface area (Å²) in [6.07, 6.45) is -0.482. The quantitative estimate of drug-likeness (QED) is 0.875. The Bertz CT molecular complexity index is 502. The van der Waals surface area contributed by atoms with Crippen LogP contribution < -0.4 is 15.0 Å². The highest BCUT2D eigenvalue weighted by Crippen LogP contribution is 2.33. The monoisotopic (exact) mass is 292 g/mol. The van der Waals surface area contributed by atoms with Crippen LogP contribution in [0.25, 0.3) is 0 Å². The van der Waals surface area contributed by atoms with E-state index in [9.17, 15) is 4.79 Å². The number of rotatable bonds is 3. The molecule has 2 atom stereocenters. The highest BCUT2D eigenvalue weighted by molar-refractivity contribution is 5.83. The van der Waals surface area contributed by atoms with Crippen molar-refractivity contribution < 1.29 is 19.0 Å². The maximum atomic E-state index is 11.9. The second-order valence-corrected chi connectivity index (χ2v) is 5.16. The summed E-state index contributed by atoms with van der Waals surface area (Å²) in [5.74, 6) is 0.615. The fourth-order valence-electron chi connectivity index (χ4n) is 2.67. The Morgan fingerprint density at radius 2 is 2.24 bits per heavy atom. The highest BCUT2D eigenvalue weighted by atomic mass is 16.6. The van der Waals surface area contributed by atoms with E-state index < -0.39 is 6.10 Å². The van der Waals surface area contributed by atoms with Crippen molar-refractivity contribution in [2.75, 3.05) is 44.9 Å². The van der Waals surface area contributed by atoms with Crippen molar-refractivity contribution >= 4 is 11.6 Å². The van der Waals surface area contributed by atoms with Crippen LogP contribution in [0.15, 0.2) is 24.3 Å². The molecule has 0 bridgehead atoms. The van der Waals surface area contributed by atoms with Gasteiger partial charge in [-0.25, -0.2) is 0 Å². The minimum Gasteiger partial charge on any atom is -0.477 e. The number of para-hydroxylation sites is 2. The summed E-state index contributed by atoms with van der Waals surface area (Å²) >= 11 is 0. The Balaban J connectivity index is 1.78. The summed E-state index contributed by atoms with van der Waals surface area (Å²) in [5.41, 5.74) is 0.992. The molecule has 2 heterocycles. The molecule has 0 aromatic heterocycles. The summed E-state index contributed by atoms with van der Waals surface area (Å²) in [7, 11) is 1.62. The lowest BCUT2D eigenvalue weighted by molar-refractivity contribution is -0.127. The van der Waals surface area contributed by atoms with Gasteiger partial charge in [0.25, 0.3) is 5.91 Å². The number of hydrogen-bond acceptors (Lipinski definition) is 5. The third-order valence-corrected chi connectivity index (χ3v) is 3.71. The highest BCUT2D eigenvalue weighted by Gasteiger charge is 2.31. The number of hydrogen-bond donors (Lipinski definition) is 1. The van der Waals surface area contributed by atoms with Crippen LogP contribution in [0.5, 0.6) is 5.75 Å². The lowest BCUT2D eigenvalue weighted by Crippen LogP contribution is -2.51. The molecule has 2 aliphatic heterocycles. The number of likely N-dealkylation sites (N-methyl/N-ethyl adjacent to an activating group) is 1. The number of nitrogens with zero attached hydrogens (tertiary/aromatic N) is 1. The second kappa shape index (κ2) is 6.32. The lowest BCUT2D eigenvalue weighted by atomic mass is 10.1. The van der Waals surface area contributed by atoms with Crippen LogP contribution in [0.1, 0.15) is 0 Å². The van der Waals surface area contributed by atoms with Gasteiger partial charge in [-0.05, 0) is 12.1 Å². The van der Waals surface area contributed by atoms with Gasteiger partial charge in [0.1, 0.15) is 5.75 Å². The van der Waals surface area contributed by atoms with Gasteiger partial charge < -0.3 is 24.4 Å². The summed E-state index contributed by atoms with van der Waals surface area (Å²) < 4.78 is 16.9. The topological polar surface area (TPSA) is 60.0 Å². The molecule has 21 heavy (non-hydrogen) atoms. The van der Waals surface area contributed by atoms with Crippen LogP contribution in [-0.2, 0) is 14.3 Å². The molecule has 0 radical (unpaired) electrons. The van der Waals surface area contributed by atoms with Crippen LogP contribution in [0.3, 0.4) is 0 Å². The standard InChI is InChI=1S/C15H20N2O4/c1-16-15(18)14-9-17(8-11-10-19-6-7-20-11)12-4-2-3-5-13(12)21-14/h2-5,11,14H,6-10H2,1H3,(H,16,18)/t11-,14?/m0/s1. The van der Waals surface area contributed by atoms with Gasteiger partial charge in [0, 0.05) is 13.6 Å². The predicted molar refractivity (Wildman–Crippen MR) is 77.7 cm³/mol. The van der Waals surface area contributed by atoms with E-state index in [1.807, 2.05) is 24.3 Å². The first-order valence-corrected chi connectivity index (χ1v) is 7.19. The molecule has 1 aromatic rings. The zero-order chi connectivity index (χ0) is 14.7. The van der Waals surface area contributed by atoms with Crippen molar-refractivity contribution in [1.82, 2.24) is 5.32 Å². The van der Waals surface area contributed by atoms with Gasteiger partial charge in [0.05, 0.1) is 38.2 Å². The number of ether oxygens (including phenoxy) is 3. The molecule has 1 fully saturated rings. The zero-order valence-electron chi connectivity index (χ0n) is 12.1. The van der Waals surface area contributed by atoms with E-state index in [2.05, 4.69) is 10.2 Å². The summed E-state index contributed by atoms with van der Waals surface area (Å²) in [6.45, 7) is 3.06. The van der Waals surface area contributed by atoms with E-state index in [1.165, 1.54) is 0 Å². The van der Waals surface area contributed by atoms with Crippen molar-refractivity contribution in [3.63, 3.8) is 0 Å². The van der Waals surface area contributed by atoms with Crippen LogP contribution in [-0.4, -0.2) is 58.1 Å². The molecule has 1 amide bonds. The summed E-state index contributed by atoms with van der Waals surface area (Å²) in [6, 6.07) is 7.76. The Morgan fingerprint density at radius 1 is 1.38 bits per heavy atom. The van der Waals surface area contributed by atoms with Gasteiger partial charge in [0.2, 0.25) is 0 Å². The van der Waals surface area contributed by atoms with Crippen molar-refractivity contribution in [3.05, 3.63) is 24.3 Å². The zero-order valence-corrected chi connectivity index (χ0v) is 12.1. The van der Waals surface area contributed by atoms with E-state index in [-0.39, 0.29) is 12.0 Å². The van der Waals surface area contributed by atoms with Crippen LogP contribution >= 0.6 is 0 Å². The fraction of sp³-hybridized carbons (Fsp3) is 0.533. The SMILES string of the molecule is CNC(=O)C1CN(C[C@H]2COCCO2)c2ccccc2O1. The molecule has 3 rings (SSSR count). The number of anilines is 1. The minimum atomic E-state index is -0.505. The van der Waals surface area contributed by atoms with Gasteiger partial charge >= 0.3 is 0 Å². The average Bonchev–Trinajstić information content (AvgIpc) is 2.55. The Kier molecular flexibility index (Phi) is 4.26. The van der Waals surface area contributed by atoms with Crippen LogP contribution in [0, 0.1) is 0 Å². The normalized spacial score (nSPS) is 24.9. The Morgan fingerprint density at radius 3 is 3.00 bits per heavy atom. The van der Waals surface area contributed by atoms with Crippen molar-refractivity contribution in [1.29, 1.82) is 0 Å². The fourth-order valence-corrected chi connectivity index (χ4v) is 2.67. The first-order valence-electron chi connectivity index (χ1n) is 7.19. The number of carbonyl (C=O) groups excluding carboxylic acids is 1. The molecule has 1 unspecified atom stereocenters. The summed E-state index contributed by atoms with van der Waals surface area (Å²) in [5, 5.41) is 2.64.